The summed E-state index contributed by atoms with van der Waals surface area (Å²) in [5.74, 6) is 0. The van der Waals surface area contributed by atoms with Gasteiger partial charge < -0.3 is 20.3 Å². The molecule has 0 aliphatic heterocycles. The Morgan fingerprint density at radius 1 is 0.613 bits per heavy atom. The molecule has 316 valence electrons. The Balaban J connectivity index is 0.000000180. The first kappa shape index (κ1) is 49.8. The smallest absolute Gasteiger partial charge is 0.391 e. The van der Waals surface area contributed by atoms with Crippen LogP contribution in [0, 0.1) is 9.64 Å². The molecule has 0 amide bonds. The summed E-state index contributed by atoms with van der Waals surface area (Å²) < 4.78 is 1.23. The quantitative estimate of drug-likeness (QED) is 0.0520. The van der Waals surface area contributed by atoms with Gasteiger partial charge in [0.15, 0.2) is 0 Å². The summed E-state index contributed by atoms with van der Waals surface area (Å²) in [7, 11) is 0. The third-order valence-corrected chi connectivity index (χ3v) is 12.7. The van der Waals surface area contributed by atoms with E-state index in [-0.39, 0.29) is 18.9 Å². The molecule has 0 aliphatic carbocycles. The van der Waals surface area contributed by atoms with E-state index in [0.29, 0.717) is 19.3 Å². The molecular weight excluding hydrogens is 951 g/mol. The first-order valence-corrected chi connectivity index (χ1v) is 22.4. The number of hydrogen-bond acceptors (Lipinski definition) is 15. The third-order valence-electron chi connectivity index (χ3n) is 8.45. The van der Waals surface area contributed by atoms with E-state index in [4.69, 9.17) is 0 Å². The Bertz CT molecular complexity index is 2370. The van der Waals surface area contributed by atoms with Crippen LogP contribution in [0.5, 0.6) is 0 Å². The van der Waals surface area contributed by atoms with E-state index in [9.17, 15) is 15.3 Å². The van der Waals surface area contributed by atoms with Gasteiger partial charge in [-0.2, -0.15) is 33.5 Å². The maximum absolute atomic E-state index is 11.0. The molecule has 9 aromatic heterocycles. The van der Waals surface area contributed by atoms with E-state index in [0.717, 1.165) is 51.9 Å². The molecule has 6 N–H and O–H groups in total. The molecule has 15 nitrogen and oxygen atoms in total. The van der Waals surface area contributed by atoms with E-state index in [1.807, 2.05) is 45.0 Å². The predicted octanol–water partition coefficient (Wildman–Crippen LogP) is 6.10. The van der Waals surface area contributed by atoms with Crippen molar-refractivity contribution in [3.05, 3.63) is 159 Å². The number of nitrogens with zero attached hydrogens (tertiary/aromatic N) is 9. The number of aromatic amines is 3. The maximum atomic E-state index is 11.0. The number of aliphatic hydroxyl groups is 3. The van der Waals surface area contributed by atoms with Crippen LogP contribution < -0.4 is 18.9 Å². The number of hydrogen-bond donors (Lipinski definition) is 6. The van der Waals surface area contributed by atoms with Gasteiger partial charge in [-0.1, -0.05) is 33.2 Å². The number of aliphatic hydroxyl groups excluding tert-OH is 2. The van der Waals surface area contributed by atoms with E-state index in [1.54, 1.807) is 105 Å². The van der Waals surface area contributed by atoms with Crippen LogP contribution in [0.2, 0.25) is 0 Å². The Kier molecular flexibility index (Phi) is 21.4. The van der Waals surface area contributed by atoms with Gasteiger partial charge in [-0.3, -0.25) is 25.3 Å². The van der Waals surface area contributed by atoms with Gasteiger partial charge in [-0.05, 0) is 71.7 Å². The second-order valence-electron chi connectivity index (χ2n) is 12.5. The minimum absolute atomic E-state index is 0. The zero-order valence-corrected chi connectivity index (χ0v) is 39.0. The largest absolute Gasteiger partial charge is 1.00 e. The molecular formula is C42H44ILiN12O3S3. The zero-order valence-electron chi connectivity index (χ0n) is 34.4. The summed E-state index contributed by atoms with van der Waals surface area (Å²) in [6, 6.07) is 13.9. The van der Waals surface area contributed by atoms with Crippen molar-refractivity contribution in [3.8, 4) is 31.7 Å². The fraction of sp³-hybridized carbons (Fsp3) is 0.214. The summed E-state index contributed by atoms with van der Waals surface area (Å²) in [6.07, 6.45) is 27.3. The van der Waals surface area contributed by atoms with Gasteiger partial charge in [0.25, 0.3) is 0 Å². The average molecular weight is 995 g/mol. The summed E-state index contributed by atoms with van der Waals surface area (Å²) in [5.41, 5.74) is 2.66. The molecule has 3 unspecified atom stereocenters. The van der Waals surface area contributed by atoms with Crippen molar-refractivity contribution in [2.24, 2.45) is 0 Å². The van der Waals surface area contributed by atoms with E-state index in [2.05, 4.69) is 89.2 Å². The summed E-state index contributed by atoms with van der Waals surface area (Å²) in [6.45, 7) is 5.85. The monoisotopic (exact) mass is 994 g/mol. The van der Waals surface area contributed by atoms with Crippen molar-refractivity contribution >= 4 is 56.6 Å². The van der Waals surface area contributed by atoms with Crippen molar-refractivity contribution < 1.29 is 34.2 Å². The molecule has 62 heavy (non-hydrogen) atoms. The van der Waals surface area contributed by atoms with Gasteiger partial charge >= 0.3 is 18.9 Å². The molecule has 0 bridgehead atoms. The molecule has 0 aromatic carbocycles. The van der Waals surface area contributed by atoms with Crippen molar-refractivity contribution in [1.82, 2.24) is 60.5 Å². The number of pyridine rings is 3. The van der Waals surface area contributed by atoms with Gasteiger partial charge in [-0.25, -0.2) is 15.0 Å². The standard InChI is InChI=1S/C14H14N4OS.2C9H11N3OS.C5H4IN.C5H4N.Li/c1-2-14(19,11-3-5-15-6-4-11)12-9-16-13(20-12)10-7-17-18-8-10;2*1-2-7(13)8-5-10-9(14-8)6-3-11-12-4-6;6-5-1-3-7-4-2-5;1-2-4-6-5-3-1;/h3-9,19H,2H2,1H3,(H,17,18);2*3-5,7,13H,2H2,1H3,(H,11,12);1-4H;2-5H;/q;;;;-1;+1. The molecule has 0 fully saturated rings. The van der Waals surface area contributed by atoms with Crippen molar-refractivity contribution in [3.63, 3.8) is 0 Å². The fourth-order valence-corrected chi connectivity index (χ4v) is 8.35. The number of H-pyrrole nitrogens is 3. The Morgan fingerprint density at radius 2 is 1.03 bits per heavy atom. The van der Waals surface area contributed by atoms with Gasteiger partial charge in [0.05, 0.1) is 45.4 Å². The van der Waals surface area contributed by atoms with Crippen LogP contribution in [-0.4, -0.2) is 75.8 Å². The Morgan fingerprint density at radius 3 is 1.37 bits per heavy atom. The molecule has 9 rings (SSSR count). The second kappa shape index (κ2) is 26.6. The van der Waals surface area contributed by atoms with Crippen molar-refractivity contribution in [2.45, 2.75) is 57.8 Å². The Hall–Kier alpha value is -4.82. The van der Waals surface area contributed by atoms with E-state index in [1.165, 1.54) is 37.6 Å². The summed E-state index contributed by atoms with van der Waals surface area (Å²) >= 11 is 6.72. The normalized spacial score (nSPS) is 12.2. The molecule has 0 saturated heterocycles. The van der Waals surface area contributed by atoms with E-state index >= 15 is 0 Å². The zero-order chi connectivity index (χ0) is 43.3. The topological polar surface area (TPSA) is 224 Å². The van der Waals surface area contributed by atoms with Crippen molar-refractivity contribution in [1.29, 1.82) is 0 Å². The van der Waals surface area contributed by atoms with Crippen LogP contribution in [-0.2, 0) is 5.60 Å². The molecule has 9 aromatic rings. The van der Waals surface area contributed by atoms with Gasteiger partial charge in [0.2, 0.25) is 0 Å². The second-order valence-corrected chi connectivity index (χ2v) is 16.9. The fourth-order valence-electron chi connectivity index (χ4n) is 5.01. The molecule has 3 atom stereocenters. The third kappa shape index (κ3) is 14.9. The van der Waals surface area contributed by atoms with E-state index < -0.39 is 17.8 Å². The number of rotatable bonds is 10. The molecule has 9 heterocycles. The molecule has 0 saturated carbocycles. The minimum Gasteiger partial charge on any atom is -0.391 e. The van der Waals surface area contributed by atoms with Crippen LogP contribution in [0.25, 0.3) is 31.7 Å². The number of thiazole rings is 3. The van der Waals surface area contributed by atoms with Crippen LogP contribution in [0.1, 0.15) is 72.4 Å². The van der Waals surface area contributed by atoms with Crippen LogP contribution in [0.15, 0.2) is 129 Å². The Labute approximate surface area is 397 Å². The SMILES string of the molecule is CCC(O)(c1ccncc1)c1cnc(-c2cn[nH]c2)s1.CCC(O)c1cnc(-c2cn[nH]c2)s1.CCC(O)c1cnc(-c2cn[nH]c2)s1.Ic1ccncc1.[Li+].[c-]1ccncc1. The molecule has 0 radical (unpaired) electrons. The van der Waals surface area contributed by atoms with Gasteiger partial charge in [-0.15, -0.1) is 34.0 Å². The molecule has 20 heteroatoms. The first-order valence-electron chi connectivity index (χ1n) is 18.9. The van der Waals surface area contributed by atoms with Gasteiger partial charge in [0.1, 0.15) is 20.6 Å². The van der Waals surface area contributed by atoms with Gasteiger partial charge in [0, 0.05) is 82.2 Å². The molecule has 0 spiro atoms. The predicted molar refractivity (Wildman–Crippen MR) is 247 cm³/mol. The van der Waals surface area contributed by atoms with Crippen molar-refractivity contribution in [2.75, 3.05) is 0 Å². The first-order chi connectivity index (χ1) is 29.7. The average Bonchev–Trinajstić information content (AvgIpc) is 4.16. The van der Waals surface area contributed by atoms with Crippen LogP contribution in [0.4, 0.5) is 0 Å². The summed E-state index contributed by atoms with van der Waals surface area (Å²) in [4.78, 5) is 27.1. The number of nitrogens with one attached hydrogen (secondary N) is 3. The number of halogens is 1. The minimum atomic E-state index is -1.03. The van der Waals surface area contributed by atoms with Crippen LogP contribution >= 0.6 is 56.6 Å². The number of aromatic nitrogens is 12. The maximum Gasteiger partial charge on any atom is 1.00 e. The molecule has 0 aliphatic rings. The summed E-state index contributed by atoms with van der Waals surface area (Å²) in [5, 5.41) is 52.7. The van der Waals surface area contributed by atoms with Crippen LogP contribution in [0.3, 0.4) is 0 Å².